The SMILES string of the molecule is CCCCCCCCCCCCCCOCCOCCOP(=O)([O-])[O-].[K+].[K+]. The maximum Gasteiger partial charge on any atom is 1.00 e. The minimum Gasteiger partial charge on any atom is -0.790 e. The first-order valence-electron chi connectivity index (χ1n) is 9.88. The van der Waals surface area contributed by atoms with E-state index in [2.05, 4.69) is 11.4 Å². The van der Waals surface area contributed by atoms with Crippen LogP contribution in [0.3, 0.4) is 0 Å². The third kappa shape index (κ3) is 34.1. The van der Waals surface area contributed by atoms with Crippen LogP contribution < -0.4 is 113 Å². The first kappa shape index (κ1) is 34.9. The molecular weight excluding hydrogens is 421 g/mol. The Bertz CT molecular complexity index is 318. The van der Waals surface area contributed by atoms with Crippen molar-refractivity contribution >= 4 is 7.82 Å². The van der Waals surface area contributed by atoms with Gasteiger partial charge in [0.25, 0.3) is 0 Å². The average molecular weight is 459 g/mol. The Morgan fingerprint density at radius 3 is 1.41 bits per heavy atom. The summed E-state index contributed by atoms with van der Waals surface area (Å²) < 4.78 is 24.7. The second-order valence-electron chi connectivity index (χ2n) is 6.39. The van der Waals surface area contributed by atoms with E-state index in [-0.39, 0.29) is 116 Å². The summed E-state index contributed by atoms with van der Waals surface area (Å²) in [6.45, 7) is 3.69. The molecule has 0 aromatic heterocycles. The van der Waals surface area contributed by atoms with Crippen molar-refractivity contribution in [2.45, 2.75) is 84.0 Å². The fourth-order valence-electron chi connectivity index (χ4n) is 2.58. The Hall–Kier alpha value is 3.30. The second-order valence-corrected chi connectivity index (χ2v) is 7.55. The zero-order valence-corrected chi connectivity index (χ0v) is 25.1. The van der Waals surface area contributed by atoms with Crippen LogP contribution in [0.25, 0.3) is 0 Å². The van der Waals surface area contributed by atoms with Crippen LogP contribution in [0.2, 0.25) is 0 Å². The fraction of sp³-hybridized carbons (Fsp3) is 1.00. The molecule has 0 amide bonds. The van der Waals surface area contributed by atoms with Crippen LogP contribution >= 0.6 is 7.82 Å². The predicted molar refractivity (Wildman–Crippen MR) is 96.3 cm³/mol. The van der Waals surface area contributed by atoms with Gasteiger partial charge in [-0.15, -0.1) is 0 Å². The van der Waals surface area contributed by atoms with E-state index in [0.717, 1.165) is 13.0 Å². The Balaban J connectivity index is -0.00000288. The molecule has 0 heterocycles. The van der Waals surface area contributed by atoms with E-state index in [4.69, 9.17) is 9.47 Å². The van der Waals surface area contributed by atoms with E-state index in [1.807, 2.05) is 0 Å². The number of rotatable bonds is 20. The smallest absolute Gasteiger partial charge is 0.790 e. The third-order valence-corrected chi connectivity index (χ3v) is 4.49. The molecule has 27 heavy (non-hydrogen) atoms. The quantitative estimate of drug-likeness (QED) is 0.115. The van der Waals surface area contributed by atoms with Crippen molar-refractivity contribution in [3.63, 3.8) is 0 Å². The van der Waals surface area contributed by atoms with Crippen LogP contribution in [-0.2, 0) is 18.6 Å². The van der Waals surface area contributed by atoms with Gasteiger partial charge in [0, 0.05) is 6.61 Å². The normalized spacial score (nSPS) is 11.1. The van der Waals surface area contributed by atoms with Gasteiger partial charge in [-0.05, 0) is 6.42 Å². The third-order valence-electron chi connectivity index (χ3n) is 3.99. The molecule has 0 unspecified atom stereocenters. The Labute approximate surface area is 251 Å². The molecular formula is C18H37K2O6P. The predicted octanol–water partition coefficient (Wildman–Crippen LogP) is -2.43. The summed E-state index contributed by atoms with van der Waals surface area (Å²) in [6.07, 6.45) is 15.9. The number of hydrogen-bond donors (Lipinski definition) is 0. The van der Waals surface area contributed by atoms with Crippen LogP contribution in [0.1, 0.15) is 84.0 Å². The molecule has 0 aliphatic heterocycles. The first-order valence-corrected chi connectivity index (χ1v) is 11.3. The molecule has 6 nitrogen and oxygen atoms in total. The number of unbranched alkanes of at least 4 members (excludes halogenated alkanes) is 11. The summed E-state index contributed by atoms with van der Waals surface area (Å²) in [6, 6.07) is 0. The van der Waals surface area contributed by atoms with Crippen molar-refractivity contribution in [2.24, 2.45) is 0 Å². The average Bonchev–Trinajstić information content (AvgIpc) is 2.56. The van der Waals surface area contributed by atoms with Crippen molar-refractivity contribution in [1.82, 2.24) is 0 Å². The van der Waals surface area contributed by atoms with Crippen LogP contribution in [-0.4, -0.2) is 33.0 Å². The van der Waals surface area contributed by atoms with Gasteiger partial charge in [-0.25, -0.2) is 0 Å². The molecule has 0 N–H and O–H groups in total. The van der Waals surface area contributed by atoms with Crippen LogP contribution in [0.5, 0.6) is 0 Å². The van der Waals surface area contributed by atoms with E-state index in [0.29, 0.717) is 13.2 Å². The molecule has 0 saturated heterocycles. The fourth-order valence-corrected chi connectivity index (χ4v) is 2.87. The summed E-state index contributed by atoms with van der Waals surface area (Å²) in [5.41, 5.74) is 0. The van der Waals surface area contributed by atoms with Crippen molar-refractivity contribution in [2.75, 3.05) is 33.0 Å². The molecule has 0 fully saturated rings. The van der Waals surface area contributed by atoms with Gasteiger partial charge in [0.1, 0.15) is 0 Å². The van der Waals surface area contributed by atoms with Crippen molar-refractivity contribution in [3.8, 4) is 0 Å². The van der Waals surface area contributed by atoms with Gasteiger partial charge in [0.2, 0.25) is 0 Å². The zero-order chi connectivity index (χ0) is 18.6. The maximum atomic E-state index is 10.2. The van der Waals surface area contributed by atoms with Gasteiger partial charge in [-0.3, -0.25) is 0 Å². The number of phosphoric acid groups is 1. The van der Waals surface area contributed by atoms with Crippen molar-refractivity contribution in [3.05, 3.63) is 0 Å². The molecule has 0 atom stereocenters. The minimum absolute atomic E-state index is 0. The number of hydrogen-bond acceptors (Lipinski definition) is 6. The standard InChI is InChI=1S/C18H39O6P.2K/c1-2-3-4-5-6-7-8-9-10-11-12-13-14-22-15-16-23-17-18-24-25(19,20)21;;/h2-18H2,1H3,(H2,19,20,21);;/q;2*+1/p-2. The molecule has 0 spiro atoms. The zero-order valence-electron chi connectivity index (χ0n) is 17.9. The number of ether oxygens (including phenoxy) is 2. The van der Waals surface area contributed by atoms with Crippen LogP contribution in [0.4, 0.5) is 0 Å². The summed E-state index contributed by atoms with van der Waals surface area (Å²) in [5, 5.41) is 0. The molecule has 0 bridgehead atoms. The summed E-state index contributed by atoms with van der Waals surface area (Å²) in [4.78, 5) is 20.4. The van der Waals surface area contributed by atoms with Gasteiger partial charge >= 0.3 is 103 Å². The van der Waals surface area contributed by atoms with Gasteiger partial charge in [0.05, 0.1) is 34.3 Å². The van der Waals surface area contributed by atoms with E-state index in [1.54, 1.807) is 0 Å². The minimum atomic E-state index is -4.87. The monoisotopic (exact) mass is 458 g/mol. The van der Waals surface area contributed by atoms with Crippen LogP contribution in [0, 0.1) is 0 Å². The Morgan fingerprint density at radius 2 is 0.963 bits per heavy atom. The van der Waals surface area contributed by atoms with Gasteiger partial charge in [-0.1, -0.05) is 77.6 Å². The molecule has 0 aromatic carbocycles. The van der Waals surface area contributed by atoms with E-state index >= 15 is 0 Å². The topological polar surface area (TPSA) is 90.9 Å². The molecule has 0 saturated carbocycles. The maximum absolute atomic E-state index is 10.2. The van der Waals surface area contributed by atoms with E-state index < -0.39 is 7.82 Å². The summed E-state index contributed by atoms with van der Waals surface area (Å²) >= 11 is 0. The molecule has 0 aliphatic carbocycles. The molecule has 0 aliphatic rings. The van der Waals surface area contributed by atoms with Crippen molar-refractivity contribution in [1.29, 1.82) is 0 Å². The molecule has 0 radical (unpaired) electrons. The molecule has 0 aromatic rings. The Morgan fingerprint density at radius 1 is 0.593 bits per heavy atom. The van der Waals surface area contributed by atoms with Gasteiger partial charge in [-0.2, -0.15) is 0 Å². The molecule has 0 rings (SSSR count). The molecule has 152 valence electrons. The van der Waals surface area contributed by atoms with Crippen molar-refractivity contribution < 1.29 is 131 Å². The Kier molecular flexibility index (Phi) is 35.3. The van der Waals surface area contributed by atoms with E-state index in [1.165, 1.54) is 70.6 Å². The largest absolute Gasteiger partial charge is 1.00 e. The van der Waals surface area contributed by atoms with Crippen LogP contribution in [0.15, 0.2) is 0 Å². The van der Waals surface area contributed by atoms with Gasteiger partial charge in [0.15, 0.2) is 0 Å². The van der Waals surface area contributed by atoms with E-state index in [9.17, 15) is 14.4 Å². The number of phosphoric ester groups is 1. The summed E-state index contributed by atoms with van der Waals surface area (Å²) in [7, 11) is -4.87. The van der Waals surface area contributed by atoms with Gasteiger partial charge < -0.3 is 28.3 Å². The molecule has 9 heteroatoms. The second kappa shape index (κ2) is 27.3. The first-order chi connectivity index (χ1) is 12.1. The summed E-state index contributed by atoms with van der Waals surface area (Å²) in [5.74, 6) is 0.